The largest absolute Gasteiger partial charge is 0.504 e. The fourth-order valence-electron chi connectivity index (χ4n) is 2.15. The van der Waals surface area contributed by atoms with Crippen molar-refractivity contribution in [1.82, 2.24) is 15.2 Å². The first-order valence-electron chi connectivity index (χ1n) is 8.05. The fraction of sp³-hybridized carbons (Fsp3) is 0.111. The first-order chi connectivity index (χ1) is 13.5. The van der Waals surface area contributed by atoms with E-state index in [2.05, 4.69) is 41.6 Å². The minimum atomic E-state index is -0.00360. The van der Waals surface area contributed by atoms with Crippen LogP contribution < -0.4 is 10.2 Å². The third kappa shape index (κ3) is 5.33. The third-order valence-electron chi connectivity index (χ3n) is 3.55. The van der Waals surface area contributed by atoms with Gasteiger partial charge in [0.25, 0.3) is 0 Å². The van der Waals surface area contributed by atoms with Crippen molar-refractivity contribution in [2.75, 3.05) is 18.3 Å². The smallest absolute Gasteiger partial charge is 0.240 e. The standard InChI is InChI=1S/C18H16BrN5O3S/c1-27-16-8-11(2-7-14(16)25)9-20-22-17-21-18(24-23-17)28-10-15(26)12-3-5-13(19)6-4-12/h2-9,25H,10H2,1H3,(H2,21,22,23,24)/b20-9-. The predicted molar refractivity (Wildman–Crippen MR) is 111 cm³/mol. The number of hydrogen-bond acceptors (Lipinski definition) is 8. The maximum Gasteiger partial charge on any atom is 0.240 e. The number of anilines is 1. The number of thioether (sulfide) groups is 1. The van der Waals surface area contributed by atoms with E-state index in [9.17, 15) is 9.90 Å². The monoisotopic (exact) mass is 461 g/mol. The highest BCUT2D eigenvalue weighted by Gasteiger charge is 2.09. The lowest BCUT2D eigenvalue weighted by molar-refractivity contribution is 0.102. The van der Waals surface area contributed by atoms with E-state index in [1.54, 1.807) is 30.5 Å². The summed E-state index contributed by atoms with van der Waals surface area (Å²) in [5, 5.41) is 20.8. The Hall–Kier alpha value is -2.85. The van der Waals surface area contributed by atoms with E-state index in [0.717, 1.165) is 10.0 Å². The number of carbonyl (C=O) groups excluding carboxylic acids is 1. The SMILES string of the molecule is COc1cc(/C=N\Nc2nc(SCC(=O)c3ccc(Br)cc3)n[nH]2)ccc1O. The Kier molecular flexibility index (Phi) is 6.66. The summed E-state index contributed by atoms with van der Waals surface area (Å²) >= 11 is 4.58. The highest BCUT2D eigenvalue weighted by atomic mass is 79.9. The van der Waals surface area contributed by atoms with Gasteiger partial charge in [-0.1, -0.05) is 39.8 Å². The molecule has 0 fully saturated rings. The van der Waals surface area contributed by atoms with Crippen LogP contribution in [0.2, 0.25) is 0 Å². The molecule has 0 spiro atoms. The lowest BCUT2D eigenvalue weighted by atomic mass is 10.2. The van der Waals surface area contributed by atoms with Crippen molar-refractivity contribution in [3.63, 3.8) is 0 Å². The second kappa shape index (κ2) is 9.38. The number of Topliss-reactive ketones (excluding diaryl/α,β-unsaturated/α-hetero) is 1. The van der Waals surface area contributed by atoms with Crippen LogP contribution in [-0.4, -0.2) is 45.1 Å². The predicted octanol–water partition coefficient (Wildman–Crippen LogP) is 3.70. The number of ketones is 1. The van der Waals surface area contributed by atoms with Gasteiger partial charge in [-0.25, -0.2) is 10.5 Å². The Bertz CT molecular complexity index is 991. The maximum absolute atomic E-state index is 12.2. The Labute approximate surface area is 173 Å². The summed E-state index contributed by atoms with van der Waals surface area (Å²) in [4.78, 5) is 16.4. The molecular weight excluding hydrogens is 446 g/mol. The molecule has 3 N–H and O–H groups in total. The summed E-state index contributed by atoms with van der Waals surface area (Å²) in [5.41, 5.74) is 4.09. The van der Waals surface area contributed by atoms with E-state index in [-0.39, 0.29) is 17.3 Å². The Morgan fingerprint density at radius 2 is 2.14 bits per heavy atom. The van der Waals surface area contributed by atoms with E-state index in [0.29, 0.717) is 22.4 Å². The van der Waals surface area contributed by atoms with E-state index < -0.39 is 0 Å². The number of halogens is 1. The minimum Gasteiger partial charge on any atom is -0.504 e. The molecule has 0 aliphatic heterocycles. The number of ether oxygens (including phenoxy) is 1. The first kappa shape index (κ1) is 19.9. The molecule has 0 saturated carbocycles. The molecule has 0 saturated heterocycles. The van der Waals surface area contributed by atoms with Gasteiger partial charge in [-0.15, -0.1) is 5.10 Å². The average Bonchev–Trinajstić information content (AvgIpc) is 3.15. The number of phenols is 1. The van der Waals surface area contributed by atoms with Gasteiger partial charge in [0, 0.05) is 10.0 Å². The van der Waals surface area contributed by atoms with Gasteiger partial charge in [0.2, 0.25) is 11.1 Å². The number of carbonyl (C=O) groups is 1. The number of nitrogens with zero attached hydrogens (tertiary/aromatic N) is 3. The van der Waals surface area contributed by atoms with Crippen molar-refractivity contribution in [2.24, 2.45) is 5.10 Å². The number of phenolic OH excluding ortho intramolecular Hbond substituents is 1. The molecule has 144 valence electrons. The van der Waals surface area contributed by atoms with Crippen molar-refractivity contribution in [3.05, 3.63) is 58.1 Å². The van der Waals surface area contributed by atoms with Crippen molar-refractivity contribution in [1.29, 1.82) is 0 Å². The van der Waals surface area contributed by atoms with Crippen LogP contribution in [0.4, 0.5) is 5.95 Å². The van der Waals surface area contributed by atoms with Gasteiger partial charge in [0.05, 0.1) is 19.1 Å². The molecule has 0 atom stereocenters. The zero-order valence-electron chi connectivity index (χ0n) is 14.7. The molecule has 0 unspecified atom stereocenters. The van der Waals surface area contributed by atoms with Gasteiger partial charge in [0.15, 0.2) is 17.3 Å². The maximum atomic E-state index is 12.2. The number of H-pyrrole nitrogens is 1. The zero-order valence-corrected chi connectivity index (χ0v) is 17.1. The molecule has 0 bridgehead atoms. The molecule has 0 aliphatic rings. The molecular formula is C18H16BrN5O3S. The Morgan fingerprint density at radius 1 is 1.36 bits per heavy atom. The summed E-state index contributed by atoms with van der Waals surface area (Å²) in [6.45, 7) is 0. The molecule has 1 heterocycles. The average molecular weight is 462 g/mol. The summed E-state index contributed by atoms with van der Waals surface area (Å²) in [7, 11) is 1.48. The zero-order chi connectivity index (χ0) is 19.9. The van der Waals surface area contributed by atoms with Gasteiger partial charge < -0.3 is 9.84 Å². The Balaban J connectivity index is 1.52. The summed E-state index contributed by atoms with van der Waals surface area (Å²) < 4.78 is 5.97. The van der Waals surface area contributed by atoms with E-state index >= 15 is 0 Å². The number of aromatic hydroxyl groups is 1. The van der Waals surface area contributed by atoms with E-state index in [1.807, 2.05) is 12.1 Å². The highest BCUT2D eigenvalue weighted by Crippen LogP contribution is 2.25. The van der Waals surface area contributed by atoms with Crippen LogP contribution in [0, 0.1) is 0 Å². The molecule has 0 amide bonds. The lowest BCUT2D eigenvalue weighted by Crippen LogP contribution is -2.02. The molecule has 28 heavy (non-hydrogen) atoms. The van der Waals surface area contributed by atoms with Gasteiger partial charge in [-0.3, -0.25) is 4.79 Å². The van der Waals surface area contributed by atoms with Crippen molar-refractivity contribution >= 4 is 45.6 Å². The van der Waals surface area contributed by atoms with Crippen LogP contribution in [0.5, 0.6) is 11.5 Å². The van der Waals surface area contributed by atoms with Crippen LogP contribution in [0.15, 0.2) is 57.2 Å². The normalized spacial score (nSPS) is 10.9. The van der Waals surface area contributed by atoms with Crippen LogP contribution >= 0.6 is 27.7 Å². The first-order valence-corrected chi connectivity index (χ1v) is 9.83. The van der Waals surface area contributed by atoms with E-state index in [1.165, 1.54) is 24.9 Å². The molecule has 0 radical (unpaired) electrons. The number of benzene rings is 2. The van der Waals surface area contributed by atoms with Crippen LogP contribution in [0.25, 0.3) is 0 Å². The summed E-state index contributed by atoms with van der Waals surface area (Å²) in [5.74, 6) is 0.992. The molecule has 0 aliphatic carbocycles. The third-order valence-corrected chi connectivity index (χ3v) is 4.93. The Morgan fingerprint density at radius 3 is 2.89 bits per heavy atom. The molecule has 3 rings (SSSR count). The quantitative estimate of drug-likeness (QED) is 0.203. The van der Waals surface area contributed by atoms with Crippen LogP contribution in [0.1, 0.15) is 15.9 Å². The highest BCUT2D eigenvalue weighted by molar-refractivity contribution is 9.10. The van der Waals surface area contributed by atoms with Gasteiger partial charge in [-0.05, 0) is 35.9 Å². The van der Waals surface area contributed by atoms with Crippen molar-refractivity contribution in [2.45, 2.75) is 5.16 Å². The number of aromatic nitrogens is 3. The van der Waals surface area contributed by atoms with Crippen LogP contribution in [0.3, 0.4) is 0 Å². The lowest BCUT2D eigenvalue weighted by Gasteiger charge is -2.03. The second-order valence-electron chi connectivity index (χ2n) is 5.49. The molecule has 1 aromatic heterocycles. The number of nitrogens with one attached hydrogen (secondary N) is 2. The van der Waals surface area contributed by atoms with Crippen LogP contribution in [-0.2, 0) is 0 Å². The minimum absolute atomic E-state index is 0.00360. The number of hydrogen-bond donors (Lipinski definition) is 3. The molecule has 8 nitrogen and oxygen atoms in total. The van der Waals surface area contributed by atoms with Gasteiger partial charge >= 0.3 is 0 Å². The van der Waals surface area contributed by atoms with Gasteiger partial charge in [-0.2, -0.15) is 10.1 Å². The molecule has 3 aromatic rings. The number of rotatable bonds is 8. The number of hydrazone groups is 1. The molecule has 2 aromatic carbocycles. The fourth-order valence-corrected chi connectivity index (χ4v) is 3.11. The molecule has 10 heteroatoms. The van der Waals surface area contributed by atoms with Crippen molar-refractivity contribution < 1.29 is 14.6 Å². The summed E-state index contributed by atoms with van der Waals surface area (Å²) in [6, 6.07) is 12.1. The second-order valence-corrected chi connectivity index (χ2v) is 7.34. The summed E-state index contributed by atoms with van der Waals surface area (Å²) in [6.07, 6.45) is 1.55. The topological polar surface area (TPSA) is 112 Å². The van der Waals surface area contributed by atoms with Crippen molar-refractivity contribution in [3.8, 4) is 11.5 Å². The number of aromatic amines is 1. The van der Waals surface area contributed by atoms with E-state index in [4.69, 9.17) is 4.74 Å². The van der Waals surface area contributed by atoms with Gasteiger partial charge in [0.1, 0.15) is 0 Å². The number of methoxy groups -OCH3 is 1.